The van der Waals surface area contributed by atoms with E-state index in [1.807, 2.05) is 12.1 Å². The van der Waals surface area contributed by atoms with Gasteiger partial charge in [-0.2, -0.15) is 0 Å². The maximum atomic E-state index is 10.9. The number of rotatable bonds is 3. The Labute approximate surface area is 131 Å². The zero-order chi connectivity index (χ0) is 14.7. The lowest BCUT2D eigenvalue weighted by molar-refractivity contribution is -0.167. The predicted octanol–water partition coefficient (Wildman–Crippen LogP) is 3.87. The summed E-state index contributed by atoms with van der Waals surface area (Å²) in [7, 11) is 0. The molecular weight excluding hydrogens is 284 g/mol. The molecule has 1 aromatic rings. The first kappa shape index (κ1) is 13.8. The zero-order valence-corrected chi connectivity index (χ0v) is 13.2. The summed E-state index contributed by atoms with van der Waals surface area (Å²) in [5, 5.41) is 15.1. The van der Waals surface area contributed by atoms with Crippen LogP contribution in [0.25, 0.3) is 0 Å². The molecule has 0 aliphatic heterocycles. The van der Waals surface area contributed by atoms with Crippen molar-refractivity contribution in [3.8, 4) is 0 Å². The number of anilines is 1. The van der Waals surface area contributed by atoms with E-state index in [2.05, 4.69) is 17.2 Å². The SMILES string of the molecule is CC(Nc1ncccc1Cl)C12CC3CC(CC(O)(C3)C1)C2. The molecule has 2 N–H and O–H groups in total. The molecule has 4 bridgehead atoms. The second kappa shape index (κ2) is 4.60. The normalized spacial score (nSPS) is 42.0. The number of aliphatic hydroxyl groups is 1. The van der Waals surface area contributed by atoms with Crippen LogP contribution in [0.5, 0.6) is 0 Å². The van der Waals surface area contributed by atoms with Crippen molar-refractivity contribution in [1.82, 2.24) is 4.98 Å². The summed E-state index contributed by atoms with van der Waals surface area (Å²) >= 11 is 6.23. The fraction of sp³-hybridized carbons (Fsp3) is 0.706. The maximum absolute atomic E-state index is 10.9. The molecule has 4 heteroatoms. The second-order valence-electron chi connectivity index (χ2n) is 7.75. The molecule has 4 fully saturated rings. The summed E-state index contributed by atoms with van der Waals surface area (Å²) < 4.78 is 0. The van der Waals surface area contributed by atoms with Crippen LogP contribution in [0.3, 0.4) is 0 Å². The first-order chi connectivity index (χ1) is 9.98. The quantitative estimate of drug-likeness (QED) is 0.891. The van der Waals surface area contributed by atoms with E-state index in [4.69, 9.17) is 11.6 Å². The smallest absolute Gasteiger partial charge is 0.144 e. The number of nitrogens with zero attached hydrogens (tertiary/aromatic N) is 1. The summed E-state index contributed by atoms with van der Waals surface area (Å²) in [6.45, 7) is 2.24. The second-order valence-corrected chi connectivity index (χ2v) is 8.15. The van der Waals surface area contributed by atoms with Gasteiger partial charge < -0.3 is 10.4 Å². The molecule has 3 unspecified atom stereocenters. The van der Waals surface area contributed by atoms with Crippen LogP contribution in [0.2, 0.25) is 5.02 Å². The molecule has 0 spiro atoms. The summed E-state index contributed by atoms with van der Waals surface area (Å²) in [6, 6.07) is 4.02. The molecule has 1 heterocycles. The fourth-order valence-corrected chi connectivity index (χ4v) is 5.82. The predicted molar refractivity (Wildman–Crippen MR) is 84.4 cm³/mol. The average Bonchev–Trinajstić information content (AvgIpc) is 2.38. The van der Waals surface area contributed by atoms with E-state index in [1.165, 1.54) is 19.3 Å². The van der Waals surface area contributed by atoms with E-state index in [0.717, 1.165) is 25.1 Å². The van der Waals surface area contributed by atoms with Crippen molar-refractivity contribution < 1.29 is 5.11 Å². The van der Waals surface area contributed by atoms with Gasteiger partial charge >= 0.3 is 0 Å². The Hall–Kier alpha value is -0.800. The van der Waals surface area contributed by atoms with Crippen LogP contribution in [-0.2, 0) is 0 Å². The van der Waals surface area contributed by atoms with E-state index in [-0.39, 0.29) is 5.41 Å². The minimum absolute atomic E-state index is 0.208. The lowest BCUT2D eigenvalue weighted by Gasteiger charge is -2.62. The van der Waals surface area contributed by atoms with Crippen molar-refractivity contribution in [3.63, 3.8) is 0 Å². The van der Waals surface area contributed by atoms with Gasteiger partial charge in [-0.3, -0.25) is 0 Å². The Morgan fingerprint density at radius 1 is 1.33 bits per heavy atom. The minimum Gasteiger partial charge on any atom is -0.390 e. The molecule has 4 aliphatic rings. The molecule has 0 radical (unpaired) electrons. The van der Waals surface area contributed by atoms with Gasteiger partial charge in [0.2, 0.25) is 0 Å². The van der Waals surface area contributed by atoms with Gasteiger partial charge in [-0.15, -0.1) is 0 Å². The van der Waals surface area contributed by atoms with Crippen molar-refractivity contribution in [2.45, 2.75) is 57.1 Å². The third kappa shape index (κ3) is 2.25. The largest absolute Gasteiger partial charge is 0.390 e. The van der Waals surface area contributed by atoms with Gasteiger partial charge in [0.05, 0.1) is 10.6 Å². The topological polar surface area (TPSA) is 45.2 Å². The molecule has 114 valence electrons. The number of hydrogen-bond donors (Lipinski definition) is 2. The van der Waals surface area contributed by atoms with Gasteiger partial charge in [0.25, 0.3) is 0 Å². The van der Waals surface area contributed by atoms with Crippen LogP contribution in [0, 0.1) is 17.3 Å². The van der Waals surface area contributed by atoms with E-state index < -0.39 is 5.60 Å². The summed E-state index contributed by atoms with van der Waals surface area (Å²) in [5.41, 5.74) is -0.201. The van der Waals surface area contributed by atoms with E-state index in [9.17, 15) is 5.11 Å². The third-order valence-electron chi connectivity index (χ3n) is 6.11. The maximum Gasteiger partial charge on any atom is 0.144 e. The Morgan fingerprint density at radius 2 is 2.05 bits per heavy atom. The summed E-state index contributed by atoms with van der Waals surface area (Å²) in [6.07, 6.45) is 8.54. The highest BCUT2D eigenvalue weighted by atomic mass is 35.5. The lowest BCUT2D eigenvalue weighted by atomic mass is 9.46. The molecule has 0 amide bonds. The van der Waals surface area contributed by atoms with Crippen LogP contribution in [-0.4, -0.2) is 21.7 Å². The van der Waals surface area contributed by atoms with Gasteiger partial charge in [-0.05, 0) is 74.8 Å². The van der Waals surface area contributed by atoms with Crippen molar-refractivity contribution in [2.24, 2.45) is 17.3 Å². The van der Waals surface area contributed by atoms with Crippen molar-refractivity contribution in [2.75, 3.05) is 5.32 Å². The van der Waals surface area contributed by atoms with Gasteiger partial charge in [0, 0.05) is 12.2 Å². The molecule has 4 saturated carbocycles. The monoisotopic (exact) mass is 306 g/mol. The highest BCUT2D eigenvalue weighted by Crippen LogP contribution is 2.63. The van der Waals surface area contributed by atoms with Gasteiger partial charge in [-0.1, -0.05) is 11.6 Å². The van der Waals surface area contributed by atoms with Crippen molar-refractivity contribution in [3.05, 3.63) is 23.4 Å². The van der Waals surface area contributed by atoms with Crippen LogP contribution in [0.15, 0.2) is 18.3 Å². The van der Waals surface area contributed by atoms with Crippen LogP contribution in [0.1, 0.15) is 45.4 Å². The Balaban J connectivity index is 1.59. The number of hydrogen-bond acceptors (Lipinski definition) is 3. The minimum atomic E-state index is -0.409. The van der Waals surface area contributed by atoms with Crippen LogP contribution < -0.4 is 5.32 Å². The van der Waals surface area contributed by atoms with Crippen molar-refractivity contribution >= 4 is 17.4 Å². The molecule has 0 saturated heterocycles. The highest BCUT2D eigenvalue weighted by Gasteiger charge is 2.58. The molecule has 5 rings (SSSR count). The van der Waals surface area contributed by atoms with Crippen LogP contribution >= 0.6 is 11.6 Å². The Kier molecular flexibility index (Phi) is 3.03. The number of pyridine rings is 1. The molecule has 4 aliphatic carbocycles. The number of aromatic nitrogens is 1. The van der Waals surface area contributed by atoms with Crippen LogP contribution in [0.4, 0.5) is 5.82 Å². The number of halogens is 1. The summed E-state index contributed by atoms with van der Waals surface area (Å²) in [4.78, 5) is 4.36. The van der Waals surface area contributed by atoms with Gasteiger partial charge in [0.15, 0.2) is 0 Å². The number of nitrogens with one attached hydrogen (secondary N) is 1. The summed E-state index contributed by atoms with van der Waals surface area (Å²) in [5.74, 6) is 2.19. The Bertz CT molecular complexity index is 547. The standard InChI is InChI=1S/C17H23ClN2O/c1-11(20-15-14(18)3-2-4-19-15)16-6-12-5-13(7-16)9-17(21,8-12)10-16/h2-4,11-13,21H,5-10H2,1H3,(H,19,20). The average molecular weight is 307 g/mol. The van der Waals surface area contributed by atoms with Gasteiger partial charge in [0.1, 0.15) is 5.82 Å². The highest BCUT2D eigenvalue weighted by molar-refractivity contribution is 6.32. The molecule has 21 heavy (non-hydrogen) atoms. The van der Waals surface area contributed by atoms with E-state index in [1.54, 1.807) is 6.20 Å². The van der Waals surface area contributed by atoms with E-state index in [0.29, 0.717) is 22.9 Å². The van der Waals surface area contributed by atoms with Crippen molar-refractivity contribution in [1.29, 1.82) is 0 Å². The van der Waals surface area contributed by atoms with Gasteiger partial charge in [-0.25, -0.2) is 4.98 Å². The molecule has 3 nitrogen and oxygen atoms in total. The molecule has 3 atom stereocenters. The molecular formula is C17H23ClN2O. The third-order valence-corrected chi connectivity index (χ3v) is 6.41. The fourth-order valence-electron chi connectivity index (χ4n) is 5.64. The first-order valence-corrected chi connectivity index (χ1v) is 8.45. The first-order valence-electron chi connectivity index (χ1n) is 8.08. The molecule has 0 aromatic carbocycles. The molecule has 1 aromatic heterocycles. The van der Waals surface area contributed by atoms with E-state index >= 15 is 0 Å². The zero-order valence-electron chi connectivity index (χ0n) is 12.5. The lowest BCUT2D eigenvalue weighted by Crippen LogP contribution is -2.60. The Morgan fingerprint density at radius 3 is 2.67 bits per heavy atom.